The lowest BCUT2D eigenvalue weighted by atomic mass is 9.66. The molecule has 4 rings (SSSR count). The van der Waals surface area contributed by atoms with Crippen LogP contribution in [0, 0.1) is 10.8 Å². The Morgan fingerprint density at radius 1 is 1.19 bits per heavy atom. The molecule has 2 saturated carbocycles. The average Bonchev–Trinajstić information content (AvgIpc) is 3.06. The van der Waals surface area contributed by atoms with E-state index in [9.17, 15) is 4.79 Å². The first-order chi connectivity index (χ1) is 12.5. The minimum absolute atomic E-state index is 0.181. The fourth-order valence-corrected chi connectivity index (χ4v) is 6.42. The summed E-state index contributed by atoms with van der Waals surface area (Å²) in [7, 11) is 6.17. The van der Waals surface area contributed by atoms with Gasteiger partial charge in [0.2, 0.25) is 5.91 Å². The molecule has 0 atom stereocenters. The Hall–Kier alpha value is -0.910. The number of rotatable bonds is 5. The van der Waals surface area contributed by atoms with Crippen LogP contribution in [0.1, 0.15) is 49.8 Å². The Balaban J connectivity index is 1.44. The zero-order valence-electron chi connectivity index (χ0n) is 16.4. The lowest BCUT2D eigenvalue weighted by Crippen LogP contribution is -2.47. The van der Waals surface area contributed by atoms with Crippen LogP contribution in [0.15, 0.2) is 17.5 Å². The highest BCUT2D eigenvalue weighted by atomic mass is 32.1. The van der Waals surface area contributed by atoms with Gasteiger partial charge in [0.05, 0.1) is 17.6 Å². The Labute approximate surface area is 161 Å². The summed E-state index contributed by atoms with van der Waals surface area (Å²) in [6.07, 6.45) is 8.04. The molecule has 144 valence electrons. The molecule has 1 aromatic rings. The minimum Gasteiger partial charge on any atom is -0.384 e. The zero-order chi connectivity index (χ0) is 18.4. The predicted molar refractivity (Wildman–Crippen MR) is 105 cm³/mol. The molecular formula is C21H32N2O2S. The molecule has 1 spiro atoms. The standard InChI is InChI=1S/C21H32N2O2S/c1-22(2)21(17-5-4-14-26-17)10-6-19(7-11-21)12-13-23(15-19)18(24)20(8-9-20)16-25-3/h4-5,14H,6-13,15-16H2,1-3H3. The van der Waals surface area contributed by atoms with Crippen LogP contribution < -0.4 is 0 Å². The minimum atomic E-state index is -0.181. The smallest absolute Gasteiger partial charge is 0.231 e. The van der Waals surface area contributed by atoms with Gasteiger partial charge in [-0.3, -0.25) is 9.69 Å². The van der Waals surface area contributed by atoms with Crippen molar-refractivity contribution in [3.8, 4) is 0 Å². The average molecular weight is 377 g/mol. The summed E-state index contributed by atoms with van der Waals surface area (Å²) in [5.74, 6) is 0.360. The number of thiophene rings is 1. The number of likely N-dealkylation sites (tertiary alicyclic amines) is 1. The fraction of sp³-hybridized carbons (Fsp3) is 0.762. The Bertz CT molecular complexity index is 643. The van der Waals surface area contributed by atoms with Gasteiger partial charge in [-0.2, -0.15) is 0 Å². The molecule has 2 heterocycles. The molecule has 5 heteroatoms. The molecule has 3 fully saturated rings. The lowest BCUT2D eigenvalue weighted by Gasteiger charge is -2.48. The zero-order valence-corrected chi connectivity index (χ0v) is 17.2. The molecule has 0 N–H and O–H groups in total. The highest BCUT2D eigenvalue weighted by Gasteiger charge is 2.55. The normalized spacial score (nSPS) is 33.2. The van der Waals surface area contributed by atoms with Crippen LogP contribution in [0.25, 0.3) is 0 Å². The van der Waals surface area contributed by atoms with Gasteiger partial charge in [-0.05, 0) is 75.9 Å². The number of nitrogens with zero attached hydrogens (tertiary/aromatic N) is 2. The summed E-state index contributed by atoms with van der Waals surface area (Å²) in [5, 5.41) is 2.20. The molecule has 26 heavy (non-hydrogen) atoms. The second-order valence-corrected chi connectivity index (χ2v) is 10.0. The van der Waals surface area contributed by atoms with E-state index in [1.807, 2.05) is 11.3 Å². The Morgan fingerprint density at radius 3 is 2.46 bits per heavy atom. The number of amides is 1. The number of hydrogen-bond donors (Lipinski definition) is 0. The van der Waals surface area contributed by atoms with Gasteiger partial charge in [0, 0.05) is 25.1 Å². The van der Waals surface area contributed by atoms with Crippen LogP contribution in [0.2, 0.25) is 0 Å². The van der Waals surface area contributed by atoms with E-state index in [0.717, 1.165) is 25.9 Å². The first kappa shape index (κ1) is 18.5. The van der Waals surface area contributed by atoms with Gasteiger partial charge in [-0.15, -0.1) is 11.3 Å². The van der Waals surface area contributed by atoms with Crippen molar-refractivity contribution in [3.05, 3.63) is 22.4 Å². The summed E-state index contributed by atoms with van der Waals surface area (Å²) >= 11 is 1.89. The molecule has 1 aromatic heterocycles. The maximum atomic E-state index is 13.0. The molecule has 1 amide bonds. The first-order valence-corrected chi connectivity index (χ1v) is 10.8. The van der Waals surface area contributed by atoms with Crippen LogP contribution in [-0.4, -0.2) is 56.6 Å². The highest BCUT2D eigenvalue weighted by Crippen LogP contribution is 2.54. The van der Waals surface area contributed by atoms with Crippen molar-refractivity contribution in [2.45, 2.75) is 50.5 Å². The number of hydrogen-bond acceptors (Lipinski definition) is 4. The second-order valence-electron chi connectivity index (χ2n) is 9.09. The van der Waals surface area contributed by atoms with E-state index >= 15 is 0 Å². The van der Waals surface area contributed by atoms with Gasteiger partial charge >= 0.3 is 0 Å². The molecule has 4 nitrogen and oxygen atoms in total. The third-order valence-electron chi connectivity index (χ3n) is 7.43. The van der Waals surface area contributed by atoms with Crippen LogP contribution in [0.4, 0.5) is 0 Å². The summed E-state index contributed by atoms with van der Waals surface area (Å²) in [6, 6.07) is 4.48. The van der Waals surface area contributed by atoms with Crippen LogP contribution in [-0.2, 0) is 15.1 Å². The maximum absolute atomic E-state index is 13.0. The van der Waals surface area contributed by atoms with Crippen molar-refractivity contribution >= 4 is 17.2 Å². The third-order valence-corrected chi connectivity index (χ3v) is 8.49. The van der Waals surface area contributed by atoms with E-state index < -0.39 is 0 Å². The Kier molecular flexibility index (Phi) is 4.69. The fourth-order valence-electron chi connectivity index (χ4n) is 5.35. The van der Waals surface area contributed by atoms with E-state index in [0.29, 0.717) is 17.9 Å². The van der Waals surface area contributed by atoms with Gasteiger partial charge < -0.3 is 9.64 Å². The molecular weight excluding hydrogens is 344 g/mol. The largest absolute Gasteiger partial charge is 0.384 e. The van der Waals surface area contributed by atoms with Gasteiger partial charge in [-0.25, -0.2) is 0 Å². The van der Waals surface area contributed by atoms with E-state index in [1.54, 1.807) is 7.11 Å². The maximum Gasteiger partial charge on any atom is 0.231 e. The number of methoxy groups -OCH3 is 1. The van der Waals surface area contributed by atoms with E-state index in [-0.39, 0.29) is 11.0 Å². The molecule has 3 aliphatic rings. The van der Waals surface area contributed by atoms with Crippen molar-refractivity contribution in [2.75, 3.05) is 40.9 Å². The lowest BCUT2D eigenvalue weighted by molar-refractivity contribution is -0.138. The molecule has 1 saturated heterocycles. The predicted octanol–water partition coefficient (Wildman–Crippen LogP) is 3.72. The first-order valence-electron chi connectivity index (χ1n) is 9.95. The highest BCUT2D eigenvalue weighted by molar-refractivity contribution is 7.10. The summed E-state index contributed by atoms with van der Waals surface area (Å²) in [5.41, 5.74) is 0.347. The quantitative estimate of drug-likeness (QED) is 0.785. The Morgan fingerprint density at radius 2 is 1.92 bits per heavy atom. The molecule has 0 radical (unpaired) electrons. The molecule has 0 aromatic carbocycles. The SMILES string of the molecule is COCC1(C(=O)N2CCC3(CCC(c4cccs4)(N(C)C)CC3)C2)CC1. The van der Waals surface area contributed by atoms with Gasteiger partial charge in [0.15, 0.2) is 0 Å². The van der Waals surface area contributed by atoms with Gasteiger partial charge in [0.25, 0.3) is 0 Å². The van der Waals surface area contributed by atoms with Gasteiger partial charge in [0.1, 0.15) is 0 Å². The number of carbonyl (C=O) groups is 1. The van der Waals surface area contributed by atoms with Crippen molar-refractivity contribution in [1.82, 2.24) is 9.80 Å². The van der Waals surface area contributed by atoms with E-state index in [1.165, 1.54) is 37.0 Å². The van der Waals surface area contributed by atoms with Crippen molar-refractivity contribution in [2.24, 2.45) is 10.8 Å². The van der Waals surface area contributed by atoms with Crippen molar-refractivity contribution < 1.29 is 9.53 Å². The second kappa shape index (κ2) is 6.61. The molecule has 0 unspecified atom stereocenters. The van der Waals surface area contributed by atoms with E-state index in [2.05, 4.69) is 41.4 Å². The molecule has 1 aliphatic heterocycles. The molecule has 2 aliphatic carbocycles. The van der Waals surface area contributed by atoms with Crippen molar-refractivity contribution in [1.29, 1.82) is 0 Å². The summed E-state index contributed by atoms with van der Waals surface area (Å²) in [4.78, 5) is 19.1. The third kappa shape index (κ3) is 2.92. The number of carbonyl (C=O) groups excluding carboxylic acids is 1. The topological polar surface area (TPSA) is 32.8 Å². The van der Waals surface area contributed by atoms with E-state index in [4.69, 9.17) is 4.74 Å². The summed E-state index contributed by atoms with van der Waals surface area (Å²) < 4.78 is 5.33. The monoisotopic (exact) mass is 376 g/mol. The van der Waals surface area contributed by atoms with Gasteiger partial charge in [-0.1, -0.05) is 6.07 Å². The van der Waals surface area contributed by atoms with Crippen LogP contribution in [0.3, 0.4) is 0 Å². The van der Waals surface area contributed by atoms with Crippen LogP contribution >= 0.6 is 11.3 Å². The van der Waals surface area contributed by atoms with Crippen LogP contribution in [0.5, 0.6) is 0 Å². The van der Waals surface area contributed by atoms with Crippen molar-refractivity contribution in [3.63, 3.8) is 0 Å². The molecule has 0 bridgehead atoms. The number of ether oxygens (including phenoxy) is 1. The summed E-state index contributed by atoms with van der Waals surface area (Å²) in [6.45, 7) is 2.50.